The minimum atomic E-state index is -3.58. The van der Waals surface area contributed by atoms with Crippen LogP contribution in [0.15, 0.2) is 0 Å². The Bertz CT molecular complexity index is 406. The summed E-state index contributed by atoms with van der Waals surface area (Å²) in [7, 11) is -0.418. The Morgan fingerprint density at radius 3 is 2.63 bits per heavy atom. The maximum absolute atomic E-state index is 12.6. The topological polar surface area (TPSA) is 69.7 Å². The van der Waals surface area contributed by atoms with Crippen LogP contribution in [0.3, 0.4) is 0 Å². The van der Waals surface area contributed by atoms with Gasteiger partial charge in [0.15, 0.2) is 5.25 Å². The molecule has 1 N–H and O–H groups in total. The lowest BCUT2D eigenvalue weighted by molar-refractivity contribution is -0.128. The molecule has 1 aliphatic heterocycles. The monoisotopic (exact) mass is 291 g/mol. The Balaban J connectivity index is 2.93. The summed E-state index contributed by atoms with van der Waals surface area (Å²) in [6.07, 6.45) is 1.74. The van der Waals surface area contributed by atoms with E-state index in [1.165, 1.54) is 16.1 Å². The first-order valence-electron chi connectivity index (χ1n) is 6.74. The van der Waals surface area contributed by atoms with Gasteiger partial charge >= 0.3 is 0 Å². The molecule has 0 aromatic heterocycles. The predicted molar refractivity (Wildman–Crippen MR) is 75.3 cm³/mol. The smallest absolute Gasteiger partial charge is 0.241 e. The maximum atomic E-state index is 12.6. The van der Waals surface area contributed by atoms with E-state index in [9.17, 15) is 13.2 Å². The van der Waals surface area contributed by atoms with E-state index in [-0.39, 0.29) is 11.9 Å². The highest BCUT2D eigenvalue weighted by Crippen LogP contribution is 2.19. The van der Waals surface area contributed by atoms with Gasteiger partial charge in [-0.15, -0.1) is 0 Å². The van der Waals surface area contributed by atoms with E-state index in [0.717, 1.165) is 12.8 Å². The summed E-state index contributed by atoms with van der Waals surface area (Å²) < 4.78 is 26.6. The van der Waals surface area contributed by atoms with Crippen LogP contribution < -0.4 is 5.32 Å². The molecule has 19 heavy (non-hydrogen) atoms. The molecular formula is C12H25N3O3S. The van der Waals surface area contributed by atoms with Crippen LogP contribution in [0.25, 0.3) is 0 Å². The van der Waals surface area contributed by atoms with E-state index >= 15 is 0 Å². The van der Waals surface area contributed by atoms with Crippen LogP contribution >= 0.6 is 0 Å². The molecule has 0 saturated carbocycles. The summed E-state index contributed by atoms with van der Waals surface area (Å²) in [5, 5.41) is 2.20. The molecule has 1 heterocycles. The molecule has 2 unspecified atom stereocenters. The Hall–Kier alpha value is -0.660. The minimum Gasteiger partial charge on any atom is -0.348 e. The molecule has 0 bridgehead atoms. The predicted octanol–water partition coefficient (Wildman–Crippen LogP) is -0.133. The Kier molecular flexibility index (Phi) is 5.76. The fourth-order valence-electron chi connectivity index (χ4n) is 2.35. The van der Waals surface area contributed by atoms with Gasteiger partial charge in [-0.2, -0.15) is 4.31 Å². The van der Waals surface area contributed by atoms with Crippen molar-refractivity contribution in [1.29, 1.82) is 0 Å². The largest absolute Gasteiger partial charge is 0.348 e. The van der Waals surface area contributed by atoms with E-state index in [1.54, 1.807) is 14.1 Å². The van der Waals surface area contributed by atoms with E-state index in [4.69, 9.17) is 0 Å². The quantitative estimate of drug-likeness (QED) is 0.766. The van der Waals surface area contributed by atoms with Gasteiger partial charge in [0, 0.05) is 39.8 Å². The lowest BCUT2D eigenvalue weighted by atomic mass is 10.1. The van der Waals surface area contributed by atoms with Gasteiger partial charge in [0.25, 0.3) is 0 Å². The molecule has 1 saturated heterocycles. The van der Waals surface area contributed by atoms with Gasteiger partial charge in [-0.25, -0.2) is 8.42 Å². The number of nitrogens with one attached hydrogen (secondary N) is 1. The summed E-state index contributed by atoms with van der Waals surface area (Å²) in [5.41, 5.74) is 0. The number of carbonyl (C=O) groups excluding carboxylic acids is 1. The van der Waals surface area contributed by atoms with E-state index in [0.29, 0.717) is 19.6 Å². The van der Waals surface area contributed by atoms with Crippen molar-refractivity contribution in [1.82, 2.24) is 14.5 Å². The van der Waals surface area contributed by atoms with Crippen LogP contribution in [0.4, 0.5) is 0 Å². The Morgan fingerprint density at radius 1 is 1.47 bits per heavy atom. The van der Waals surface area contributed by atoms with Gasteiger partial charge in [0.2, 0.25) is 15.9 Å². The Labute approximate surface area is 116 Å². The molecule has 0 spiro atoms. The Morgan fingerprint density at radius 2 is 2.11 bits per heavy atom. The third-order valence-electron chi connectivity index (χ3n) is 3.48. The molecule has 112 valence electrons. The maximum Gasteiger partial charge on any atom is 0.241 e. The van der Waals surface area contributed by atoms with Crippen molar-refractivity contribution >= 4 is 15.9 Å². The van der Waals surface area contributed by atoms with Crippen molar-refractivity contribution in [2.24, 2.45) is 0 Å². The average molecular weight is 291 g/mol. The normalized spacial score (nSPS) is 23.1. The lowest BCUT2D eigenvalue weighted by Crippen LogP contribution is -2.57. The molecule has 6 nitrogen and oxygen atoms in total. The van der Waals surface area contributed by atoms with Crippen molar-refractivity contribution in [3.05, 3.63) is 0 Å². The molecule has 0 radical (unpaired) electrons. The highest BCUT2D eigenvalue weighted by Gasteiger charge is 2.39. The SMILES string of the molecule is CCCC1CNCCN1S(=O)(=O)C(C)C(=O)N(C)C. The van der Waals surface area contributed by atoms with Crippen molar-refractivity contribution in [3.8, 4) is 0 Å². The van der Waals surface area contributed by atoms with Crippen LogP contribution in [0, 0.1) is 0 Å². The zero-order valence-electron chi connectivity index (χ0n) is 12.2. The van der Waals surface area contributed by atoms with E-state index in [1.807, 2.05) is 6.92 Å². The minimum absolute atomic E-state index is 0.0406. The number of hydrogen-bond donors (Lipinski definition) is 1. The molecule has 1 amide bonds. The van der Waals surface area contributed by atoms with Gasteiger partial charge in [-0.05, 0) is 13.3 Å². The van der Waals surface area contributed by atoms with Crippen molar-refractivity contribution in [2.75, 3.05) is 33.7 Å². The molecule has 1 aliphatic rings. The lowest BCUT2D eigenvalue weighted by Gasteiger charge is -2.36. The second kappa shape index (κ2) is 6.67. The molecule has 0 aromatic rings. The van der Waals surface area contributed by atoms with E-state index < -0.39 is 15.3 Å². The second-order valence-corrected chi connectivity index (χ2v) is 7.38. The number of rotatable bonds is 5. The third-order valence-corrected chi connectivity index (χ3v) is 5.71. The molecule has 1 fully saturated rings. The van der Waals surface area contributed by atoms with Crippen LogP contribution in [-0.2, 0) is 14.8 Å². The van der Waals surface area contributed by atoms with Gasteiger partial charge < -0.3 is 10.2 Å². The van der Waals surface area contributed by atoms with E-state index in [2.05, 4.69) is 5.32 Å². The van der Waals surface area contributed by atoms with Crippen LogP contribution in [0.5, 0.6) is 0 Å². The highest BCUT2D eigenvalue weighted by molar-refractivity contribution is 7.90. The molecule has 0 aliphatic carbocycles. The first-order valence-corrected chi connectivity index (χ1v) is 8.25. The summed E-state index contributed by atoms with van der Waals surface area (Å²) in [4.78, 5) is 13.2. The summed E-state index contributed by atoms with van der Waals surface area (Å²) >= 11 is 0. The third kappa shape index (κ3) is 3.67. The second-order valence-electron chi connectivity index (χ2n) is 5.18. The van der Waals surface area contributed by atoms with Crippen molar-refractivity contribution in [3.63, 3.8) is 0 Å². The molecule has 2 atom stereocenters. The summed E-state index contributed by atoms with van der Waals surface area (Å²) in [5.74, 6) is -0.367. The zero-order chi connectivity index (χ0) is 14.6. The van der Waals surface area contributed by atoms with Crippen LogP contribution in [-0.4, -0.2) is 68.6 Å². The standard InChI is InChI=1S/C12H25N3O3S/c1-5-6-11-9-13-7-8-15(11)19(17,18)10(2)12(16)14(3)4/h10-11,13H,5-9H2,1-4H3. The highest BCUT2D eigenvalue weighted by atomic mass is 32.2. The summed E-state index contributed by atoms with van der Waals surface area (Å²) in [6.45, 7) is 5.26. The molecule has 7 heteroatoms. The molecule has 0 aromatic carbocycles. The van der Waals surface area contributed by atoms with Gasteiger partial charge in [0.05, 0.1) is 0 Å². The summed E-state index contributed by atoms with van der Waals surface area (Å²) in [6, 6.07) is -0.0406. The van der Waals surface area contributed by atoms with Crippen molar-refractivity contribution in [2.45, 2.75) is 38.0 Å². The van der Waals surface area contributed by atoms with Gasteiger partial charge in [-0.1, -0.05) is 13.3 Å². The average Bonchev–Trinajstić information content (AvgIpc) is 2.37. The number of sulfonamides is 1. The number of carbonyl (C=O) groups is 1. The fourth-order valence-corrected chi connectivity index (χ4v) is 4.16. The molecular weight excluding hydrogens is 266 g/mol. The van der Waals surface area contributed by atoms with Crippen LogP contribution in [0.2, 0.25) is 0 Å². The van der Waals surface area contributed by atoms with Gasteiger partial charge in [-0.3, -0.25) is 4.79 Å². The number of amides is 1. The van der Waals surface area contributed by atoms with Crippen molar-refractivity contribution < 1.29 is 13.2 Å². The zero-order valence-corrected chi connectivity index (χ0v) is 13.0. The fraction of sp³-hybridized carbons (Fsp3) is 0.917. The first kappa shape index (κ1) is 16.4. The first-order chi connectivity index (χ1) is 8.82. The van der Waals surface area contributed by atoms with Crippen LogP contribution in [0.1, 0.15) is 26.7 Å². The molecule has 1 rings (SSSR count). The number of nitrogens with zero attached hydrogens (tertiary/aromatic N) is 2. The number of piperazine rings is 1. The number of hydrogen-bond acceptors (Lipinski definition) is 4. The van der Waals surface area contributed by atoms with Gasteiger partial charge in [0.1, 0.15) is 0 Å².